The quantitative estimate of drug-likeness (QED) is 0.841. The number of hydrogen-bond donors (Lipinski definition) is 1. The molecule has 0 amide bonds. The maximum atomic E-state index is 5.97. The standard InChI is InChI=1S/C15H19NO/c1-2-9-16-15(11-7-8-11)14-10-12-5-3-4-6-13(12)17-14/h3-6,10-11,15-16H,2,7-9H2,1H3. The Hall–Kier alpha value is -1.28. The molecule has 1 atom stereocenters. The molecule has 1 heterocycles. The monoisotopic (exact) mass is 229 g/mol. The van der Waals surface area contributed by atoms with Crippen LogP contribution < -0.4 is 5.32 Å². The molecule has 3 rings (SSSR count). The van der Waals surface area contributed by atoms with Crippen molar-refractivity contribution < 1.29 is 4.42 Å². The number of fused-ring (bicyclic) bond motifs is 1. The zero-order chi connectivity index (χ0) is 11.7. The number of rotatable bonds is 5. The second-order valence-electron chi connectivity index (χ2n) is 4.96. The van der Waals surface area contributed by atoms with Crippen molar-refractivity contribution in [3.63, 3.8) is 0 Å². The number of hydrogen-bond acceptors (Lipinski definition) is 2. The van der Waals surface area contributed by atoms with Crippen molar-refractivity contribution in [2.75, 3.05) is 6.54 Å². The number of para-hydroxylation sites is 1. The van der Waals surface area contributed by atoms with E-state index in [1.807, 2.05) is 12.1 Å². The SMILES string of the molecule is CCCNC(c1cc2ccccc2o1)C1CC1. The first-order valence-corrected chi connectivity index (χ1v) is 6.60. The minimum absolute atomic E-state index is 0.419. The molecule has 0 aliphatic heterocycles. The smallest absolute Gasteiger partial charge is 0.134 e. The fraction of sp³-hybridized carbons (Fsp3) is 0.467. The molecule has 1 aromatic carbocycles. The molecule has 90 valence electrons. The van der Waals surface area contributed by atoms with Crippen molar-refractivity contribution >= 4 is 11.0 Å². The fourth-order valence-electron chi connectivity index (χ4n) is 2.38. The molecule has 1 N–H and O–H groups in total. The molecule has 1 aromatic heterocycles. The molecule has 1 aliphatic carbocycles. The Labute approximate surface area is 102 Å². The van der Waals surface area contributed by atoms with Gasteiger partial charge in [0.1, 0.15) is 11.3 Å². The minimum atomic E-state index is 0.419. The van der Waals surface area contributed by atoms with Gasteiger partial charge < -0.3 is 9.73 Å². The highest BCUT2D eigenvalue weighted by molar-refractivity contribution is 5.77. The summed E-state index contributed by atoms with van der Waals surface area (Å²) in [5.41, 5.74) is 1.01. The minimum Gasteiger partial charge on any atom is -0.459 e. The Bertz CT molecular complexity index is 465. The Kier molecular flexibility index (Phi) is 2.89. The van der Waals surface area contributed by atoms with Gasteiger partial charge in [0.25, 0.3) is 0 Å². The fourth-order valence-corrected chi connectivity index (χ4v) is 2.38. The van der Waals surface area contributed by atoms with Crippen LogP contribution in [0.2, 0.25) is 0 Å². The predicted molar refractivity (Wildman–Crippen MR) is 70.0 cm³/mol. The first kappa shape index (κ1) is 10.8. The Morgan fingerprint density at radius 2 is 2.18 bits per heavy atom. The molecule has 1 aliphatic rings. The molecule has 0 bridgehead atoms. The van der Waals surface area contributed by atoms with Gasteiger partial charge in [0.15, 0.2) is 0 Å². The summed E-state index contributed by atoms with van der Waals surface area (Å²) in [5.74, 6) is 1.89. The molecular weight excluding hydrogens is 210 g/mol. The van der Waals surface area contributed by atoms with Crippen molar-refractivity contribution in [3.05, 3.63) is 36.1 Å². The van der Waals surface area contributed by atoms with Gasteiger partial charge in [0, 0.05) is 5.39 Å². The van der Waals surface area contributed by atoms with Crippen LogP contribution in [0.15, 0.2) is 34.7 Å². The summed E-state index contributed by atoms with van der Waals surface area (Å²) in [6.45, 7) is 3.27. The lowest BCUT2D eigenvalue weighted by molar-refractivity contribution is 0.397. The summed E-state index contributed by atoms with van der Waals surface area (Å²) >= 11 is 0. The third-order valence-corrected chi connectivity index (χ3v) is 3.46. The Balaban J connectivity index is 1.88. The topological polar surface area (TPSA) is 25.2 Å². The van der Waals surface area contributed by atoms with Crippen LogP contribution in [0.4, 0.5) is 0 Å². The van der Waals surface area contributed by atoms with Crippen LogP contribution in [-0.4, -0.2) is 6.54 Å². The van der Waals surface area contributed by atoms with Crippen LogP contribution >= 0.6 is 0 Å². The van der Waals surface area contributed by atoms with Gasteiger partial charge in [-0.25, -0.2) is 0 Å². The van der Waals surface area contributed by atoms with Gasteiger partial charge in [-0.05, 0) is 43.9 Å². The van der Waals surface area contributed by atoms with Gasteiger partial charge in [-0.3, -0.25) is 0 Å². The summed E-state index contributed by atoms with van der Waals surface area (Å²) < 4.78 is 5.97. The van der Waals surface area contributed by atoms with Crippen LogP contribution in [0.25, 0.3) is 11.0 Å². The van der Waals surface area contributed by atoms with Crippen LogP contribution in [0.1, 0.15) is 38.0 Å². The van der Waals surface area contributed by atoms with E-state index in [1.54, 1.807) is 0 Å². The van der Waals surface area contributed by atoms with Gasteiger partial charge in [0.2, 0.25) is 0 Å². The highest BCUT2D eigenvalue weighted by atomic mass is 16.3. The Morgan fingerprint density at radius 1 is 1.35 bits per heavy atom. The highest BCUT2D eigenvalue weighted by Gasteiger charge is 2.33. The molecule has 1 saturated carbocycles. The molecule has 1 fully saturated rings. The van der Waals surface area contributed by atoms with Crippen LogP contribution in [-0.2, 0) is 0 Å². The molecule has 2 nitrogen and oxygen atoms in total. The number of furan rings is 1. The first-order chi connectivity index (χ1) is 8.38. The second kappa shape index (κ2) is 4.53. The average molecular weight is 229 g/mol. The molecule has 0 radical (unpaired) electrons. The average Bonchev–Trinajstić information content (AvgIpc) is 3.09. The van der Waals surface area contributed by atoms with Crippen molar-refractivity contribution in [1.29, 1.82) is 0 Å². The van der Waals surface area contributed by atoms with E-state index in [2.05, 4.69) is 30.4 Å². The van der Waals surface area contributed by atoms with Crippen LogP contribution in [0.3, 0.4) is 0 Å². The van der Waals surface area contributed by atoms with Gasteiger partial charge in [-0.2, -0.15) is 0 Å². The van der Waals surface area contributed by atoms with Crippen molar-refractivity contribution in [1.82, 2.24) is 5.32 Å². The molecule has 1 unspecified atom stereocenters. The normalized spacial score (nSPS) is 17.5. The summed E-state index contributed by atoms with van der Waals surface area (Å²) in [6, 6.07) is 10.9. The van der Waals surface area contributed by atoms with E-state index in [1.165, 1.54) is 24.6 Å². The van der Waals surface area contributed by atoms with Crippen molar-refractivity contribution in [2.45, 2.75) is 32.2 Å². The van der Waals surface area contributed by atoms with E-state index in [0.717, 1.165) is 23.8 Å². The summed E-state index contributed by atoms with van der Waals surface area (Å²) in [5, 5.41) is 4.83. The maximum Gasteiger partial charge on any atom is 0.134 e. The lowest BCUT2D eigenvalue weighted by Crippen LogP contribution is -2.23. The third-order valence-electron chi connectivity index (χ3n) is 3.46. The van der Waals surface area contributed by atoms with Gasteiger partial charge in [0.05, 0.1) is 6.04 Å². The van der Waals surface area contributed by atoms with Gasteiger partial charge in [-0.15, -0.1) is 0 Å². The zero-order valence-electron chi connectivity index (χ0n) is 10.3. The summed E-state index contributed by atoms with van der Waals surface area (Å²) in [6.07, 6.45) is 3.83. The van der Waals surface area contributed by atoms with E-state index in [-0.39, 0.29) is 0 Å². The zero-order valence-corrected chi connectivity index (χ0v) is 10.3. The Morgan fingerprint density at radius 3 is 2.88 bits per heavy atom. The number of nitrogens with one attached hydrogen (secondary N) is 1. The summed E-state index contributed by atoms with van der Waals surface area (Å²) in [7, 11) is 0. The van der Waals surface area contributed by atoms with Gasteiger partial charge in [-0.1, -0.05) is 25.1 Å². The molecule has 0 spiro atoms. The van der Waals surface area contributed by atoms with E-state index < -0.39 is 0 Å². The predicted octanol–water partition coefficient (Wildman–Crippen LogP) is 3.88. The molecule has 0 saturated heterocycles. The lowest BCUT2D eigenvalue weighted by Gasteiger charge is -2.14. The van der Waals surface area contributed by atoms with Crippen LogP contribution in [0, 0.1) is 5.92 Å². The highest BCUT2D eigenvalue weighted by Crippen LogP contribution is 2.42. The third kappa shape index (κ3) is 2.22. The largest absolute Gasteiger partial charge is 0.459 e. The number of benzene rings is 1. The molecule has 17 heavy (non-hydrogen) atoms. The van der Waals surface area contributed by atoms with Crippen molar-refractivity contribution in [3.8, 4) is 0 Å². The second-order valence-corrected chi connectivity index (χ2v) is 4.96. The van der Waals surface area contributed by atoms with Gasteiger partial charge >= 0.3 is 0 Å². The van der Waals surface area contributed by atoms with E-state index in [0.29, 0.717) is 6.04 Å². The van der Waals surface area contributed by atoms with Crippen LogP contribution in [0.5, 0.6) is 0 Å². The molecule has 2 heteroatoms. The molecular formula is C15H19NO. The maximum absolute atomic E-state index is 5.97. The van der Waals surface area contributed by atoms with Crippen molar-refractivity contribution in [2.24, 2.45) is 5.92 Å². The van der Waals surface area contributed by atoms with E-state index >= 15 is 0 Å². The van der Waals surface area contributed by atoms with E-state index in [4.69, 9.17) is 4.42 Å². The summed E-state index contributed by atoms with van der Waals surface area (Å²) in [4.78, 5) is 0. The molecule has 2 aromatic rings. The lowest BCUT2D eigenvalue weighted by atomic mass is 10.1. The first-order valence-electron chi connectivity index (χ1n) is 6.60. The van der Waals surface area contributed by atoms with E-state index in [9.17, 15) is 0 Å².